The lowest BCUT2D eigenvalue weighted by Crippen LogP contribution is -2.15. The van der Waals surface area contributed by atoms with Gasteiger partial charge in [-0.2, -0.15) is 0 Å². The van der Waals surface area contributed by atoms with Crippen LogP contribution in [0.25, 0.3) is 10.9 Å². The average molecular weight is 278 g/mol. The number of para-hydroxylation sites is 2. The number of anilines is 1. The first kappa shape index (κ1) is 13.4. The summed E-state index contributed by atoms with van der Waals surface area (Å²) in [5, 5.41) is 4.13. The fourth-order valence-electron chi connectivity index (χ4n) is 2.65. The minimum atomic E-state index is 0.0113. The van der Waals surface area contributed by atoms with Crippen molar-refractivity contribution < 1.29 is 4.79 Å². The summed E-state index contributed by atoms with van der Waals surface area (Å²) in [7, 11) is 0. The Morgan fingerprint density at radius 2 is 1.76 bits per heavy atom. The Morgan fingerprint density at radius 3 is 2.52 bits per heavy atom. The van der Waals surface area contributed by atoms with Gasteiger partial charge in [-0.3, -0.25) is 4.79 Å². The van der Waals surface area contributed by atoms with Crippen molar-refractivity contribution in [2.24, 2.45) is 0 Å². The fraction of sp³-hybridized carbons (Fsp3) is 0.167. The van der Waals surface area contributed by atoms with Crippen molar-refractivity contribution in [1.29, 1.82) is 0 Å². The van der Waals surface area contributed by atoms with E-state index in [1.54, 1.807) is 0 Å². The van der Waals surface area contributed by atoms with Gasteiger partial charge in [-0.1, -0.05) is 36.4 Å². The second-order valence-electron chi connectivity index (χ2n) is 5.35. The highest BCUT2D eigenvalue weighted by atomic mass is 16.1. The number of nitrogens with one attached hydrogen (secondary N) is 2. The number of H-pyrrole nitrogens is 1. The van der Waals surface area contributed by atoms with Crippen LogP contribution in [0.3, 0.4) is 0 Å². The zero-order valence-electron chi connectivity index (χ0n) is 12.2. The molecule has 0 fully saturated rings. The highest BCUT2D eigenvalue weighted by molar-refractivity contribution is 5.96. The van der Waals surface area contributed by atoms with Gasteiger partial charge in [0.15, 0.2) is 0 Å². The van der Waals surface area contributed by atoms with Crippen LogP contribution in [0.4, 0.5) is 5.69 Å². The monoisotopic (exact) mass is 278 g/mol. The van der Waals surface area contributed by atoms with E-state index in [0.29, 0.717) is 6.42 Å². The van der Waals surface area contributed by atoms with Gasteiger partial charge in [0, 0.05) is 22.8 Å². The number of hydrogen-bond donors (Lipinski definition) is 2. The highest BCUT2D eigenvalue weighted by Gasteiger charge is 2.10. The quantitative estimate of drug-likeness (QED) is 0.748. The lowest BCUT2D eigenvalue weighted by Gasteiger charge is -2.11. The Morgan fingerprint density at radius 1 is 1.05 bits per heavy atom. The smallest absolute Gasteiger partial charge is 0.228 e. The van der Waals surface area contributed by atoms with Gasteiger partial charge < -0.3 is 10.3 Å². The molecule has 106 valence electrons. The van der Waals surface area contributed by atoms with Crippen molar-refractivity contribution in [3.63, 3.8) is 0 Å². The van der Waals surface area contributed by atoms with Crippen molar-refractivity contribution in [2.45, 2.75) is 20.3 Å². The van der Waals surface area contributed by atoms with E-state index in [2.05, 4.69) is 10.3 Å². The summed E-state index contributed by atoms with van der Waals surface area (Å²) in [5.74, 6) is 0.0113. The number of amides is 1. The number of hydrogen-bond acceptors (Lipinski definition) is 1. The first-order valence-electron chi connectivity index (χ1n) is 7.06. The second kappa shape index (κ2) is 5.44. The van der Waals surface area contributed by atoms with Crippen LogP contribution in [0.5, 0.6) is 0 Å². The highest BCUT2D eigenvalue weighted by Crippen LogP contribution is 2.21. The van der Waals surface area contributed by atoms with Gasteiger partial charge in [-0.25, -0.2) is 0 Å². The predicted octanol–water partition coefficient (Wildman–Crippen LogP) is 3.97. The van der Waals surface area contributed by atoms with Crippen LogP contribution in [-0.2, 0) is 11.2 Å². The number of benzene rings is 2. The van der Waals surface area contributed by atoms with Crippen LogP contribution >= 0.6 is 0 Å². The molecule has 3 nitrogen and oxygen atoms in total. The number of rotatable bonds is 3. The van der Waals surface area contributed by atoms with E-state index in [1.165, 1.54) is 0 Å². The van der Waals surface area contributed by atoms with Crippen molar-refractivity contribution in [3.8, 4) is 0 Å². The number of aromatic amines is 1. The molecule has 0 aliphatic rings. The maximum Gasteiger partial charge on any atom is 0.228 e. The van der Waals surface area contributed by atoms with Crippen LogP contribution in [0.15, 0.2) is 48.7 Å². The molecule has 0 aliphatic carbocycles. The van der Waals surface area contributed by atoms with E-state index < -0.39 is 0 Å². The van der Waals surface area contributed by atoms with E-state index in [9.17, 15) is 4.79 Å². The van der Waals surface area contributed by atoms with E-state index >= 15 is 0 Å². The molecule has 0 bridgehead atoms. The second-order valence-corrected chi connectivity index (χ2v) is 5.35. The first-order valence-corrected chi connectivity index (χ1v) is 7.06. The molecule has 2 N–H and O–H groups in total. The summed E-state index contributed by atoms with van der Waals surface area (Å²) in [5.41, 5.74) is 5.17. The summed E-state index contributed by atoms with van der Waals surface area (Å²) in [4.78, 5) is 15.5. The van der Waals surface area contributed by atoms with E-state index in [0.717, 1.165) is 33.3 Å². The molecule has 1 amide bonds. The molecule has 0 atom stereocenters. The van der Waals surface area contributed by atoms with Crippen LogP contribution in [0, 0.1) is 13.8 Å². The molecule has 0 saturated carbocycles. The summed E-state index contributed by atoms with van der Waals surface area (Å²) < 4.78 is 0. The third-order valence-corrected chi connectivity index (χ3v) is 3.77. The number of carbonyl (C=O) groups excluding carboxylic acids is 1. The van der Waals surface area contributed by atoms with Gasteiger partial charge in [-0.05, 0) is 36.6 Å². The number of aryl methyl sites for hydroxylation is 2. The summed E-state index contributed by atoms with van der Waals surface area (Å²) in [6.45, 7) is 4.02. The molecular weight excluding hydrogens is 260 g/mol. The third kappa shape index (κ3) is 2.68. The summed E-state index contributed by atoms with van der Waals surface area (Å²) in [6, 6.07) is 14.0. The van der Waals surface area contributed by atoms with Gasteiger partial charge in [0.1, 0.15) is 0 Å². The molecule has 1 aromatic heterocycles. The van der Waals surface area contributed by atoms with Crippen LogP contribution in [0.2, 0.25) is 0 Å². The zero-order valence-corrected chi connectivity index (χ0v) is 12.2. The maximum atomic E-state index is 12.3. The fourth-order valence-corrected chi connectivity index (χ4v) is 2.65. The minimum absolute atomic E-state index is 0.0113. The normalized spacial score (nSPS) is 10.8. The van der Waals surface area contributed by atoms with Gasteiger partial charge in [0.2, 0.25) is 5.91 Å². The summed E-state index contributed by atoms with van der Waals surface area (Å²) in [6.07, 6.45) is 2.28. The van der Waals surface area contributed by atoms with E-state index in [4.69, 9.17) is 0 Å². The van der Waals surface area contributed by atoms with E-state index in [-0.39, 0.29) is 5.91 Å². The van der Waals surface area contributed by atoms with Gasteiger partial charge in [-0.15, -0.1) is 0 Å². The van der Waals surface area contributed by atoms with Crippen molar-refractivity contribution in [3.05, 3.63) is 65.4 Å². The molecule has 21 heavy (non-hydrogen) atoms. The Kier molecular flexibility index (Phi) is 3.48. The molecule has 3 heteroatoms. The molecular formula is C18H18N2O. The predicted molar refractivity (Wildman–Crippen MR) is 86.5 cm³/mol. The molecule has 0 saturated heterocycles. The van der Waals surface area contributed by atoms with Gasteiger partial charge in [0.05, 0.1) is 6.42 Å². The molecule has 0 aliphatic heterocycles. The van der Waals surface area contributed by atoms with Crippen molar-refractivity contribution in [2.75, 3.05) is 5.32 Å². The van der Waals surface area contributed by atoms with Crippen LogP contribution in [0.1, 0.15) is 16.7 Å². The van der Waals surface area contributed by atoms with Crippen molar-refractivity contribution >= 4 is 22.5 Å². The average Bonchev–Trinajstić information content (AvgIpc) is 2.87. The lowest BCUT2D eigenvalue weighted by atomic mass is 10.1. The maximum absolute atomic E-state index is 12.3. The molecule has 2 aromatic carbocycles. The molecule has 3 rings (SSSR count). The molecule has 0 unspecified atom stereocenters. The first-order chi connectivity index (χ1) is 10.1. The van der Waals surface area contributed by atoms with Crippen molar-refractivity contribution in [1.82, 2.24) is 4.98 Å². The zero-order chi connectivity index (χ0) is 14.8. The number of carbonyl (C=O) groups is 1. The topological polar surface area (TPSA) is 44.9 Å². The Balaban J connectivity index is 1.81. The number of fused-ring (bicyclic) bond motifs is 1. The lowest BCUT2D eigenvalue weighted by molar-refractivity contribution is -0.115. The van der Waals surface area contributed by atoms with Gasteiger partial charge >= 0.3 is 0 Å². The van der Waals surface area contributed by atoms with E-state index in [1.807, 2.05) is 62.5 Å². The summed E-state index contributed by atoms with van der Waals surface area (Å²) >= 11 is 0. The Hall–Kier alpha value is -2.55. The molecule has 0 spiro atoms. The Labute approximate surface area is 124 Å². The van der Waals surface area contributed by atoms with Crippen LogP contribution < -0.4 is 5.32 Å². The Bertz CT molecular complexity index is 782. The molecule has 1 heterocycles. The largest absolute Gasteiger partial charge is 0.361 e. The molecule has 3 aromatic rings. The third-order valence-electron chi connectivity index (χ3n) is 3.77. The van der Waals surface area contributed by atoms with Crippen LogP contribution in [-0.4, -0.2) is 10.9 Å². The minimum Gasteiger partial charge on any atom is -0.361 e. The van der Waals surface area contributed by atoms with Gasteiger partial charge in [0.25, 0.3) is 0 Å². The standard InChI is InChI=1S/C18H18N2O/c1-12-6-5-7-13(2)18(12)20-17(21)10-14-11-19-16-9-4-3-8-15(14)16/h3-9,11,19H,10H2,1-2H3,(H,20,21). The number of aromatic nitrogens is 1. The SMILES string of the molecule is Cc1cccc(C)c1NC(=O)Cc1c[nH]c2ccccc12. The molecule has 0 radical (unpaired) electrons.